The van der Waals surface area contributed by atoms with Crippen molar-refractivity contribution in [2.45, 2.75) is 24.3 Å². The van der Waals surface area contributed by atoms with Crippen molar-refractivity contribution < 1.29 is 13.2 Å². The van der Waals surface area contributed by atoms with Gasteiger partial charge in [-0.05, 0) is 6.92 Å². The van der Waals surface area contributed by atoms with E-state index in [1.165, 1.54) is 10.5 Å². The average Bonchev–Trinajstić information content (AvgIpc) is 2.94. The molecular formula is C11H16N4O3S. The summed E-state index contributed by atoms with van der Waals surface area (Å²) in [4.78, 5) is 11.5. The summed E-state index contributed by atoms with van der Waals surface area (Å²) in [7, 11) is -1.79. The summed E-state index contributed by atoms with van der Waals surface area (Å²) in [6.45, 7) is 2.49. The number of aromatic nitrogens is 2. The number of nitrogens with one attached hydrogen (secondary N) is 1. The summed E-state index contributed by atoms with van der Waals surface area (Å²) in [5, 5.41) is 6.80. The molecule has 1 aromatic heterocycles. The largest absolute Gasteiger partial charge is 0.352 e. The fraction of sp³-hybridized carbons (Fsp3) is 0.636. The van der Waals surface area contributed by atoms with Crippen molar-refractivity contribution >= 4 is 15.9 Å². The molecule has 19 heavy (non-hydrogen) atoms. The van der Waals surface area contributed by atoms with Gasteiger partial charge in [0.1, 0.15) is 4.90 Å². The molecule has 3 heterocycles. The van der Waals surface area contributed by atoms with Gasteiger partial charge in [0, 0.05) is 38.5 Å². The van der Waals surface area contributed by atoms with Crippen LogP contribution in [-0.4, -0.2) is 47.5 Å². The van der Waals surface area contributed by atoms with Crippen molar-refractivity contribution in [2.24, 2.45) is 13.0 Å². The molecule has 0 aromatic carbocycles. The van der Waals surface area contributed by atoms with Crippen molar-refractivity contribution in [3.8, 4) is 0 Å². The van der Waals surface area contributed by atoms with E-state index in [4.69, 9.17) is 0 Å². The summed E-state index contributed by atoms with van der Waals surface area (Å²) in [5.41, 5.74) is 0.626. The Hall–Kier alpha value is -1.41. The van der Waals surface area contributed by atoms with Gasteiger partial charge in [0.25, 0.3) is 0 Å². The van der Waals surface area contributed by atoms with Gasteiger partial charge in [-0.25, -0.2) is 8.42 Å². The van der Waals surface area contributed by atoms with Crippen molar-refractivity contribution in [1.82, 2.24) is 19.4 Å². The second-order valence-electron chi connectivity index (χ2n) is 5.18. The Balaban J connectivity index is 1.87. The van der Waals surface area contributed by atoms with Crippen LogP contribution in [0.3, 0.4) is 0 Å². The van der Waals surface area contributed by atoms with Gasteiger partial charge in [-0.3, -0.25) is 9.48 Å². The molecule has 2 aliphatic rings. The summed E-state index contributed by atoms with van der Waals surface area (Å²) in [5.74, 6) is 0.115. The first-order valence-corrected chi connectivity index (χ1v) is 7.61. The van der Waals surface area contributed by atoms with Gasteiger partial charge < -0.3 is 5.32 Å². The van der Waals surface area contributed by atoms with Crippen molar-refractivity contribution in [3.05, 3.63) is 11.9 Å². The maximum Gasteiger partial charge on any atom is 0.246 e. The highest BCUT2D eigenvalue weighted by Gasteiger charge is 2.44. The van der Waals surface area contributed by atoms with Gasteiger partial charge >= 0.3 is 0 Å². The zero-order chi connectivity index (χ0) is 13.8. The maximum absolute atomic E-state index is 12.5. The van der Waals surface area contributed by atoms with E-state index in [2.05, 4.69) is 10.4 Å². The molecule has 2 saturated heterocycles. The monoisotopic (exact) mass is 284 g/mol. The molecule has 1 aromatic rings. The van der Waals surface area contributed by atoms with E-state index in [0.717, 1.165) is 0 Å². The molecule has 2 fully saturated rings. The molecule has 0 unspecified atom stereocenters. The van der Waals surface area contributed by atoms with Crippen LogP contribution in [0.2, 0.25) is 0 Å². The first kappa shape index (κ1) is 12.6. The summed E-state index contributed by atoms with van der Waals surface area (Å²) < 4.78 is 28.1. The van der Waals surface area contributed by atoms with E-state index in [0.29, 0.717) is 25.2 Å². The Morgan fingerprint density at radius 3 is 2.74 bits per heavy atom. The molecule has 7 nitrogen and oxygen atoms in total. The number of carbonyl (C=O) groups is 1. The average molecular weight is 284 g/mol. The van der Waals surface area contributed by atoms with Crippen LogP contribution >= 0.6 is 0 Å². The fourth-order valence-electron chi connectivity index (χ4n) is 2.77. The van der Waals surface area contributed by atoms with Crippen LogP contribution < -0.4 is 5.32 Å². The molecule has 2 atom stereocenters. The SMILES string of the molecule is Cc1c(S(=O)(=O)N2C[C@@H]3CC(=O)N[C@@H]3C2)cnn1C. The quantitative estimate of drug-likeness (QED) is 0.773. The van der Waals surface area contributed by atoms with Crippen molar-refractivity contribution in [3.63, 3.8) is 0 Å². The fourth-order valence-corrected chi connectivity index (χ4v) is 4.48. The predicted molar refractivity (Wildman–Crippen MR) is 66.7 cm³/mol. The molecule has 3 rings (SSSR count). The third kappa shape index (κ3) is 1.86. The summed E-state index contributed by atoms with van der Waals surface area (Å²) in [6.07, 6.45) is 1.81. The second-order valence-corrected chi connectivity index (χ2v) is 7.08. The predicted octanol–water partition coefficient (Wildman–Crippen LogP) is -0.762. The number of carbonyl (C=O) groups excluding carboxylic acids is 1. The highest BCUT2D eigenvalue weighted by molar-refractivity contribution is 7.89. The van der Waals surface area contributed by atoms with Gasteiger partial charge in [0.05, 0.1) is 11.9 Å². The van der Waals surface area contributed by atoms with Gasteiger partial charge in [-0.2, -0.15) is 9.40 Å². The maximum atomic E-state index is 12.5. The lowest BCUT2D eigenvalue weighted by atomic mass is 10.1. The van der Waals surface area contributed by atoms with E-state index in [9.17, 15) is 13.2 Å². The van der Waals surface area contributed by atoms with Gasteiger partial charge in [0.2, 0.25) is 15.9 Å². The first-order valence-electron chi connectivity index (χ1n) is 6.17. The number of rotatable bonds is 2. The Morgan fingerprint density at radius 1 is 1.42 bits per heavy atom. The van der Waals surface area contributed by atoms with Crippen molar-refractivity contribution in [2.75, 3.05) is 13.1 Å². The Kier molecular flexibility index (Phi) is 2.68. The minimum atomic E-state index is -3.51. The molecule has 8 heteroatoms. The molecular weight excluding hydrogens is 268 g/mol. The highest BCUT2D eigenvalue weighted by atomic mass is 32.2. The van der Waals surface area contributed by atoms with E-state index in [-0.39, 0.29) is 22.8 Å². The van der Waals surface area contributed by atoms with Crippen LogP contribution in [0, 0.1) is 12.8 Å². The van der Waals surface area contributed by atoms with E-state index >= 15 is 0 Å². The Morgan fingerprint density at radius 2 is 2.16 bits per heavy atom. The zero-order valence-electron chi connectivity index (χ0n) is 10.8. The van der Waals surface area contributed by atoms with Crippen LogP contribution in [0.5, 0.6) is 0 Å². The number of fused-ring (bicyclic) bond motifs is 1. The van der Waals surface area contributed by atoms with E-state index in [1.54, 1.807) is 18.7 Å². The summed E-state index contributed by atoms with van der Waals surface area (Å²) >= 11 is 0. The Labute approximate surface area is 111 Å². The number of sulfonamides is 1. The summed E-state index contributed by atoms with van der Waals surface area (Å²) in [6, 6.07) is -0.0424. The number of hydrogen-bond acceptors (Lipinski definition) is 4. The molecule has 104 valence electrons. The standard InChI is InChI=1S/C11H16N4O3S/c1-7-10(4-12-14(7)2)19(17,18)15-5-8-3-11(16)13-9(8)6-15/h4,8-9H,3,5-6H2,1-2H3,(H,13,16)/t8-,9+/m0/s1. The number of aryl methyl sites for hydroxylation is 1. The van der Waals surface area contributed by atoms with Gasteiger partial charge in [0.15, 0.2) is 0 Å². The Bertz CT molecular complexity index is 620. The lowest BCUT2D eigenvalue weighted by Gasteiger charge is -2.16. The van der Waals surface area contributed by atoms with E-state index in [1.807, 2.05) is 0 Å². The molecule has 1 amide bonds. The molecule has 0 spiro atoms. The number of hydrogen-bond donors (Lipinski definition) is 1. The van der Waals surface area contributed by atoms with Crippen LogP contribution in [0.4, 0.5) is 0 Å². The minimum absolute atomic E-state index is 0.0182. The van der Waals surface area contributed by atoms with Crippen LogP contribution in [0.25, 0.3) is 0 Å². The molecule has 2 aliphatic heterocycles. The lowest BCUT2D eigenvalue weighted by Crippen LogP contribution is -2.35. The molecule has 0 radical (unpaired) electrons. The normalized spacial score (nSPS) is 27.6. The smallest absolute Gasteiger partial charge is 0.246 e. The first-order chi connectivity index (χ1) is 8.89. The zero-order valence-corrected chi connectivity index (χ0v) is 11.6. The molecule has 0 aliphatic carbocycles. The van der Waals surface area contributed by atoms with E-state index < -0.39 is 10.0 Å². The van der Waals surface area contributed by atoms with Crippen LogP contribution in [0.15, 0.2) is 11.1 Å². The second kappa shape index (κ2) is 4.04. The van der Waals surface area contributed by atoms with Gasteiger partial charge in [-0.1, -0.05) is 0 Å². The topological polar surface area (TPSA) is 84.3 Å². The van der Waals surface area contributed by atoms with Crippen LogP contribution in [0.1, 0.15) is 12.1 Å². The molecule has 1 N–H and O–H groups in total. The third-order valence-corrected chi connectivity index (χ3v) is 5.94. The molecule has 0 bridgehead atoms. The van der Waals surface area contributed by atoms with Crippen molar-refractivity contribution in [1.29, 1.82) is 0 Å². The molecule has 0 saturated carbocycles. The van der Waals surface area contributed by atoms with Crippen LogP contribution in [-0.2, 0) is 21.9 Å². The third-order valence-electron chi connectivity index (χ3n) is 4.01. The lowest BCUT2D eigenvalue weighted by molar-refractivity contribution is -0.119. The minimum Gasteiger partial charge on any atom is -0.352 e. The number of amides is 1. The highest BCUT2D eigenvalue weighted by Crippen LogP contribution is 2.30. The van der Waals surface area contributed by atoms with Gasteiger partial charge in [-0.15, -0.1) is 0 Å². The number of nitrogens with zero attached hydrogens (tertiary/aromatic N) is 3.